The van der Waals surface area contributed by atoms with Gasteiger partial charge in [0.05, 0.1) is 18.3 Å². The minimum absolute atomic E-state index is 0.0284. The minimum Gasteiger partial charge on any atom is -0.347 e. The van der Waals surface area contributed by atoms with E-state index in [2.05, 4.69) is 0 Å². The molecule has 1 spiro atoms. The molecular formula is C8H13IO3. The van der Waals surface area contributed by atoms with Crippen LogP contribution in [0, 0.1) is 0 Å². The fraction of sp³-hybridized carbons (Fsp3) is 1.00. The van der Waals surface area contributed by atoms with E-state index in [-0.39, 0.29) is 5.60 Å². The molecule has 0 aromatic carbocycles. The zero-order valence-electron chi connectivity index (χ0n) is 7.30. The molecular weight excluding hydrogens is 271 g/mol. The monoisotopic (exact) mass is 284 g/mol. The molecule has 1 aliphatic heterocycles. The Morgan fingerprint density at radius 3 is 2.50 bits per heavy atom. The zero-order chi connectivity index (χ0) is 8.82. The van der Waals surface area contributed by atoms with Crippen molar-refractivity contribution in [2.24, 2.45) is 0 Å². The first kappa shape index (κ1) is 9.18. The van der Waals surface area contributed by atoms with E-state index in [0.717, 1.165) is 19.4 Å². The predicted molar refractivity (Wildman–Crippen MR) is 52.0 cm³/mol. The molecule has 2 fully saturated rings. The van der Waals surface area contributed by atoms with E-state index in [9.17, 15) is 0 Å². The van der Waals surface area contributed by atoms with Gasteiger partial charge in [-0.3, -0.25) is 0 Å². The van der Waals surface area contributed by atoms with E-state index in [4.69, 9.17) is 12.5 Å². The molecule has 1 aliphatic carbocycles. The fourth-order valence-corrected chi connectivity index (χ4v) is 2.28. The number of ether oxygens (including phenoxy) is 2. The average Bonchev–Trinajstić information content (AvgIpc) is 2.23. The van der Waals surface area contributed by atoms with Crippen molar-refractivity contribution in [2.75, 3.05) is 6.61 Å². The van der Waals surface area contributed by atoms with E-state index in [1.165, 1.54) is 0 Å². The fourth-order valence-electron chi connectivity index (χ4n) is 1.92. The van der Waals surface area contributed by atoms with E-state index in [0.29, 0.717) is 6.10 Å². The van der Waals surface area contributed by atoms with Crippen LogP contribution in [0.4, 0.5) is 0 Å². The Labute approximate surface area is 86.4 Å². The second kappa shape index (κ2) is 2.80. The molecule has 0 unspecified atom stereocenters. The van der Waals surface area contributed by atoms with Crippen LogP contribution in [-0.2, 0) is 12.5 Å². The summed E-state index contributed by atoms with van der Waals surface area (Å²) in [4.78, 5) is 0. The lowest BCUT2D eigenvalue weighted by molar-refractivity contribution is -0.191. The number of halogens is 1. The maximum absolute atomic E-state index is 5.80. The number of hydrogen-bond acceptors (Lipinski definition) is 3. The molecule has 12 heavy (non-hydrogen) atoms. The van der Waals surface area contributed by atoms with Crippen LogP contribution >= 0.6 is 23.0 Å². The predicted octanol–water partition coefficient (Wildman–Crippen LogP) is 2.04. The second-order valence-electron chi connectivity index (χ2n) is 4.09. The summed E-state index contributed by atoms with van der Waals surface area (Å²) in [6, 6.07) is 0. The van der Waals surface area contributed by atoms with Gasteiger partial charge in [-0.15, -0.1) is 0 Å². The highest BCUT2D eigenvalue weighted by molar-refractivity contribution is 14.1. The topological polar surface area (TPSA) is 27.7 Å². The largest absolute Gasteiger partial charge is 0.347 e. The highest BCUT2D eigenvalue weighted by Crippen LogP contribution is 2.46. The molecule has 0 N–H and O–H groups in total. The van der Waals surface area contributed by atoms with E-state index < -0.39 is 5.79 Å². The molecule has 2 rings (SSSR count). The molecule has 0 aromatic rings. The van der Waals surface area contributed by atoms with Gasteiger partial charge in [0.15, 0.2) is 5.79 Å². The molecule has 3 nitrogen and oxygen atoms in total. The van der Waals surface area contributed by atoms with Gasteiger partial charge in [-0.2, -0.15) is 0 Å². The Balaban J connectivity index is 1.93. The molecule has 1 saturated carbocycles. The summed E-state index contributed by atoms with van der Waals surface area (Å²) < 4.78 is 16.5. The van der Waals surface area contributed by atoms with Crippen molar-refractivity contribution in [3.05, 3.63) is 0 Å². The van der Waals surface area contributed by atoms with Gasteiger partial charge in [-0.05, 0) is 13.8 Å². The summed E-state index contributed by atoms with van der Waals surface area (Å²) >= 11 is 1.95. The van der Waals surface area contributed by atoms with Crippen LogP contribution in [-0.4, -0.2) is 24.1 Å². The van der Waals surface area contributed by atoms with E-state index in [1.807, 2.05) is 36.9 Å². The lowest BCUT2D eigenvalue weighted by Gasteiger charge is -2.42. The lowest BCUT2D eigenvalue weighted by Crippen LogP contribution is -2.50. The molecule has 0 bridgehead atoms. The van der Waals surface area contributed by atoms with Crippen LogP contribution in [0.3, 0.4) is 0 Å². The number of rotatable bonds is 1. The third-order valence-electron chi connectivity index (χ3n) is 2.47. The molecule has 2 aliphatic rings. The zero-order valence-corrected chi connectivity index (χ0v) is 9.46. The summed E-state index contributed by atoms with van der Waals surface area (Å²) in [6.45, 7) is 4.64. The standard InChI is InChI=1S/C8H13IO3/c1-7(2)10-5-8(12-7)3-6(4-8)11-9/h6H,3-5H2,1-2H3. The summed E-state index contributed by atoms with van der Waals surface area (Å²) in [5.74, 6) is -0.393. The Morgan fingerprint density at radius 1 is 1.42 bits per heavy atom. The maximum Gasteiger partial charge on any atom is 0.163 e. The number of hydrogen-bond donors (Lipinski definition) is 0. The molecule has 1 heterocycles. The smallest absolute Gasteiger partial charge is 0.163 e. The van der Waals surface area contributed by atoms with Crippen molar-refractivity contribution >= 4 is 23.0 Å². The van der Waals surface area contributed by atoms with Crippen molar-refractivity contribution in [1.82, 2.24) is 0 Å². The van der Waals surface area contributed by atoms with Gasteiger partial charge in [0, 0.05) is 12.8 Å². The maximum atomic E-state index is 5.80. The SMILES string of the molecule is CC1(C)OCC2(CC(OI)C2)O1. The highest BCUT2D eigenvalue weighted by atomic mass is 127. The summed E-state index contributed by atoms with van der Waals surface area (Å²) in [5, 5.41) is 0. The van der Waals surface area contributed by atoms with Crippen molar-refractivity contribution in [2.45, 2.75) is 44.2 Å². The normalized spacial score (nSPS) is 44.8. The van der Waals surface area contributed by atoms with Gasteiger partial charge in [0.25, 0.3) is 0 Å². The van der Waals surface area contributed by atoms with Gasteiger partial charge in [-0.1, -0.05) is 0 Å². The molecule has 0 amide bonds. The van der Waals surface area contributed by atoms with Crippen LogP contribution in [0.2, 0.25) is 0 Å². The van der Waals surface area contributed by atoms with Crippen LogP contribution in [0.1, 0.15) is 26.7 Å². The van der Waals surface area contributed by atoms with Gasteiger partial charge < -0.3 is 12.5 Å². The van der Waals surface area contributed by atoms with Crippen molar-refractivity contribution < 1.29 is 12.5 Å². The van der Waals surface area contributed by atoms with Gasteiger partial charge in [-0.25, -0.2) is 0 Å². The molecule has 0 atom stereocenters. The van der Waals surface area contributed by atoms with Crippen molar-refractivity contribution in [3.63, 3.8) is 0 Å². The lowest BCUT2D eigenvalue weighted by atomic mass is 9.78. The Hall–Kier alpha value is 0.610. The van der Waals surface area contributed by atoms with Crippen LogP contribution in [0.15, 0.2) is 0 Å². The quantitative estimate of drug-likeness (QED) is 0.690. The van der Waals surface area contributed by atoms with Crippen LogP contribution in [0.25, 0.3) is 0 Å². The van der Waals surface area contributed by atoms with Gasteiger partial charge in [0.1, 0.15) is 23.0 Å². The van der Waals surface area contributed by atoms with Gasteiger partial charge in [0.2, 0.25) is 0 Å². The molecule has 70 valence electrons. The summed E-state index contributed by atoms with van der Waals surface area (Å²) in [5.41, 5.74) is -0.0284. The first-order chi connectivity index (χ1) is 5.55. The van der Waals surface area contributed by atoms with Crippen molar-refractivity contribution in [1.29, 1.82) is 0 Å². The van der Waals surface area contributed by atoms with Crippen LogP contribution < -0.4 is 0 Å². The Bertz CT molecular complexity index is 187. The molecule has 1 saturated heterocycles. The van der Waals surface area contributed by atoms with E-state index in [1.54, 1.807) is 0 Å². The minimum atomic E-state index is -0.393. The molecule has 0 radical (unpaired) electrons. The molecule has 4 heteroatoms. The Kier molecular flexibility index (Phi) is 2.14. The summed E-state index contributed by atoms with van der Waals surface area (Å²) in [6.07, 6.45) is 2.31. The first-order valence-electron chi connectivity index (χ1n) is 4.17. The van der Waals surface area contributed by atoms with Crippen LogP contribution in [0.5, 0.6) is 0 Å². The van der Waals surface area contributed by atoms with E-state index >= 15 is 0 Å². The summed E-state index contributed by atoms with van der Waals surface area (Å²) in [7, 11) is 0. The van der Waals surface area contributed by atoms with Gasteiger partial charge >= 0.3 is 0 Å². The third kappa shape index (κ3) is 1.49. The molecule has 0 aromatic heterocycles. The van der Waals surface area contributed by atoms with Crippen molar-refractivity contribution in [3.8, 4) is 0 Å². The Morgan fingerprint density at radius 2 is 2.08 bits per heavy atom. The first-order valence-corrected chi connectivity index (χ1v) is 5.05. The third-order valence-corrected chi connectivity index (χ3v) is 3.19. The highest BCUT2D eigenvalue weighted by Gasteiger charge is 2.54. The second-order valence-corrected chi connectivity index (χ2v) is 4.60. The average molecular weight is 284 g/mol.